The van der Waals surface area contributed by atoms with Gasteiger partial charge in [-0.2, -0.15) is 13.2 Å². The summed E-state index contributed by atoms with van der Waals surface area (Å²) in [6, 6.07) is 4.66. The molecule has 32 heavy (non-hydrogen) atoms. The van der Waals surface area contributed by atoms with Gasteiger partial charge >= 0.3 is 12.1 Å². The van der Waals surface area contributed by atoms with Gasteiger partial charge < -0.3 is 15.5 Å². The molecule has 0 spiro atoms. The molecule has 1 aromatic carbocycles. The third kappa shape index (κ3) is 5.57. The van der Waals surface area contributed by atoms with Crippen molar-refractivity contribution in [2.24, 2.45) is 0 Å². The fraction of sp³-hybridized carbons (Fsp3) is 0.524. The van der Waals surface area contributed by atoms with Gasteiger partial charge in [0, 0.05) is 42.9 Å². The molecule has 0 radical (unpaired) electrons. The molecule has 1 saturated heterocycles. The van der Waals surface area contributed by atoms with Crippen LogP contribution < -0.4 is 16.0 Å². The van der Waals surface area contributed by atoms with Crippen molar-refractivity contribution in [1.82, 2.24) is 15.5 Å². The summed E-state index contributed by atoms with van der Waals surface area (Å²) in [4.78, 5) is 48.5. The normalized spacial score (nSPS) is 18.4. The van der Waals surface area contributed by atoms with Crippen molar-refractivity contribution in [1.29, 1.82) is 0 Å². The van der Waals surface area contributed by atoms with Crippen LogP contribution in [0.25, 0.3) is 0 Å². The lowest BCUT2D eigenvalue weighted by atomic mass is 10.0. The Hall–Kier alpha value is -3.11. The molecule has 1 unspecified atom stereocenters. The number of anilines is 1. The van der Waals surface area contributed by atoms with Crippen molar-refractivity contribution in [3.8, 4) is 0 Å². The Morgan fingerprint density at radius 3 is 2.50 bits per heavy atom. The fourth-order valence-corrected chi connectivity index (χ4v) is 3.88. The Morgan fingerprint density at radius 2 is 1.81 bits per heavy atom. The van der Waals surface area contributed by atoms with E-state index >= 15 is 0 Å². The maximum atomic E-state index is 12.8. The van der Waals surface area contributed by atoms with Gasteiger partial charge in [-0.15, -0.1) is 0 Å². The lowest BCUT2D eigenvalue weighted by Crippen LogP contribution is -2.52. The van der Waals surface area contributed by atoms with Crippen molar-refractivity contribution in [3.05, 3.63) is 29.3 Å². The van der Waals surface area contributed by atoms with E-state index in [4.69, 9.17) is 0 Å². The van der Waals surface area contributed by atoms with Crippen LogP contribution in [0, 0.1) is 0 Å². The molecule has 8 nitrogen and oxygen atoms in total. The van der Waals surface area contributed by atoms with Crippen LogP contribution in [-0.2, 0) is 20.9 Å². The summed E-state index contributed by atoms with van der Waals surface area (Å²) in [5, 5.41) is 7.41. The van der Waals surface area contributed by atoms with Gasteiger partial charge in [0.1, 0.15) is 6.04 Å². The number of imide groups is 1. The highest BCUT2D eigenvalue weighted by Gasteiger charge is 2.40. The van der Waals surface area contributed by atoms with Crippen LogP contribution in [-0.4, -0.2) is 53.8 Å². The summed E-state index contributed by atoms with van der Waals surface area (Å²) in [5.74, 6) is -2.94. The van der Waals surface area contributed by atoms with Crippen LogP contribution in [0.4, 0.5) is 18.9 Å². The summed E-state index contributed by atoms with van der Waals surface area (Å²) < 4.78 is 36.3. The van der Waals surface area contributed by atoms with Gasteiger partial charge in [-0.1, -0.05) is 18.9 Å². The van der Waals surface area contributed by atoms with E-state index in [-0.39, 0.29) is 31.3 Å². The number of unbranched alkanes of at least 4 members (excludes halogenated alkanes) is 3. The quantitative estimate of drug-likeness (QED) is 0.391. The summed E-state index contributed by atoms with van der Waals surface area (Å²) in [6.45, 7) is 0.872. The molecule has 1 aromatic rings. The smallest absolute Gasteiger partial charge is 0.385 e. The van der Waals surface area contributed by atoms with Crippen molar-refractivity contribution in [3.63, 3.8) is 0 Å². The molecule has 0 aliphatic carbocycles. The number of halogens is 3. The zero-order valence-corrected chi connectivity index (χ0v) is 17.4. The number of carbonyl (C=O) groups excluding carboxylic acids is 4. The molecular formula is C21H25F3N4O4. The molecule has 0 bridgehead atoms. The molecule has 3 N–H and O–H groups in total. The maximum Gasteiger partial charge on any atom is 0.471 e. The zero-order chi connectivity index (χ0) is 23.3. The number of rotatable bonds is 9. The number of nitrogens with one attached hydrogen (secondary N) is 3. The third-order valence-corrected chi connectivity index (χ3v) is 5.54. The molecule has 2 aliphatic rings. The minimum Gasteiger partial charge on any atom is -0.385 e. The lowest BCUT2D eigenvalue weighted by Gasteiger charge is -2.29. The summed E-state index contributed by atoms with van der Waals surface area (Å²) in [5.41, 5.74) is 2.13. The minimum atomic E-state index is -4.85. The van der Waals surface area contributed by atoms with E-state index in [0.717, 1.165) is 24.1 Å². The Balaban J connectivity index is 1.43. The van der Waals surface area contributed by atoms with Gasteiger partial charge in [0.05, 0.1) is 0 Å². The maximum absolute atomic E-state index is 12.8. The summed E-state index contributed by atoms with van der Waals surface area (Å²) >= 11 is 0. The van der Waals surface area contributed by atoms with Gasteiger partial charge in [-0.25, -0.2) is 0 Å². The Kier molecular flexibility index (Phi) is 7.37. The van der Waals surface area contributed by atoms with E-state index in [1.807, 2.05) is 11.4 Å². The molecular weight excluding hydrogens is 429 g/mol. The van der Waals surface area contributed by atoms with Crippen molar-refractivity contribution in [2.75, 3.05) is 18.4 Å². The minimum absolute atomic E-state index is 0.0176. The number of carbonyl (C=O) groups is 4. The van der Waals surface area contributed by atoms with E-state index in [1.54, 1.807) is 12.1 Å². The third-order valence-electron chi connectivity index (χ3n) is 5.54. The van der Waals surface area contributed by atoms with Gasteiger partial charge in [-0.3, -0.25) is 24.5 Å². The number of amides is 4. The highest BCUT2D eigenvalue weighted by Crippen LogP contribution is 2.32. The van der Waals surface area contributed by atoms with Gasteiger partial charge in [0.25, 0.3) is 5.91 Å². The fourth-order valence-electron chi connectivity index (χ4n) is 3.88. The molecule has 174 valence electrons. The van der Waals surface area contributed by atoms with Crippen molar-refractivity contribution >= 4 is 29.3 Å². The lowest BCUT2D eigenvalue weighted by molar-refractivity contribution is -0.173. The van der Waals surface area contributed by atoms with Crippen LogP contribution in [0.5, 0.6) is 0 Å². The molecule has 3 rings (SSSR count). The van der Waals surface area contributed by atoms with E-state index < -0.39 is 24.0 Å². The molecule has 1 fully saturated rings. The molecule has 2 heterocycles. The first-order valence-electron chi connectivity index (χ1n) is 10.5. The van der Waals surface area contributed by atoms with Gasteiger partial charge in [-0.05, 0) is 31.4 Å². The average molecular weight is 454 g/mol. The number of nitrogens with zero attached hydrogens (tertiary/aromatic N) is 1. The van der Waals surface area contributed by atoms with Crippen molar-refractivity contribution in [2.45, 2.75) is 57.3 Å². The van der Waals surface area contributed by atoms with Crippen LogP contribution >= 0.6 is 0 Å². The van der Waals surface area contributed by atoms with Gasteiger partial charge in [0.15, 0.2) is 0 Å². The summed E-state index contributed by atoms with van der Waals surface area (Å²) in [6.07, 6.45) is -1.69. The number of piperidine rings is 1. The van der Waals surface area contributed by atoms with E-state index in [2.05, 4.69) is 10.6 Å². The topological polar surface area (TPSA) is 108 Å². The molecule has 4 amide bonds. The highest BCUT2D eigenvalue weighted by atomic mass is 19.4. The van der Waals surface area contributed by atoms with E-state index in [9.17, 15) is 32.3 Å². The first-order chi connectivity index (χ1) is 15.2. The monoisotopic (exact) mass is 454 g/mol. The standard InChI is InChI=1S/C21H25F3N4O4/c22-21(23,24)20(32)26-11-4-2-1-3-10-25-15-7-5-6-13-14(15)12-28(19(13)31)16-8-9-17(29)27-18(16)30/h5-7,16,25H,1-4,8-12H2,(H,26,32)(H,27,29,30). The molecule has 0 saturated carbocycles. The van der Waals surface area contributed by atoms with Crippen LogP contribution in [0.1, 0.15) is 54.4 Å². The van der Waals surface area contributed by atoms with E-state index in [1.165, 1.54) is 4.90 Å². The Morgan fingerprint density at radius 1 is 1.09 bits per heavy atom. The number of hydrogen-bond donors (Lipinski definition) is 3. The predicted octanol–water partition coefficient (Wildman–Crippen LogP) is 2.10. The number of hydrogen-bond acceptors (Lipinski definition) is 5. The number of alkyl halides is 3. The SMILES string of the molecule is O=C1CCC(N2Cc3c(NCCCCCCNC(=O)C(F)(F)F)cccc3C2=O)C(=O)N1. The van der Waals surface area contributed by atoms with E-state index in [0.29, 0.717) is 31.4 Å². The first kappa shape index (κ1) is 23.6. The zero-order valence-electron chi connectivity index (χ0n) is 17.4. The number of benzene rings is 1. The average Bonchev–Trinajstić information content (AvgIpc) is 3.06. The summed E-state index contributed by atoms with van der Waals surface area (Å²) in [7, 11) is 0. The highest BCUT2D eigenvalue weighted by molar-refractivity contribution is 6.06. The van der Waals surface area contributed by atoms with Gasteiger partial charge in [0.2, 0.25) is 11.8 Å². The second-order valence-corrected chi connectivity index (χ2v) is 7.83. The second-order valence-electron chi connectivity index (χ2n) is 7.83. The molecule has 2 aliphatic heterocycles. The molecule has 1 atom stereocenters. The number of fused-ring (bicyclic) bond motifs is 1. The first-order valence-corrected chi connectivity index (χ1v) is 10.5. The Bertz CT molecular complexity index is 904. The second kappa shape index (κ2) is 10.0. The van der Waals surface area contributed by atoms with Crippen LogP contribution in [0.15, 0.2) is 18.2 Å². The van der Waals surface area contributed by atoms with Crippen LogP contribution in [0.3, 0.4) is 0 Å². The molecule has 11 heteroatoms. The predicted molar refractivity (Wildman–Crippen MR) is 109 cm³/mol. The Labute approximate surface area is 182 Å². The molecule has 0 aromatic heterocycles. The largest absolute Gasteiger partial charge is 0.471 e. The van der Waals surface area contributed by atoms with Crippen LogP contribution in [0.2, 0.25) is 0 Å². The van der Waals surface area contributed by atoms with Crippen molar-refractivity contribution < 1.29 is 32.3 Å².